The summed E-state index contributed by atoms with van der Waals surface area (Å²) >= 11 is 1.27. The van der Waals surface area contributed by atoms with Crippen molar-refractivity contribution in [1.82, 2.24) is 5.01 Å². The molecule has 0 aliphatic carbocycles. The third kappa shape index (κ3) is 3.84. The molecule has 1 N–H and O–H groups in total. The molecule has 0 atom stereocenters. The van der Waals surface area contributed by atoms with Crippen molar-refractivity contribution < 1.29 is 14.1 Å². The lowest BCUT2D eigenvalue weighted by Crippen LogP contribution is -2.35. The second kappa shape index (κ2) is 8.02. The van der Waals surface area contributed by atoms with Crippen LogP contribution < -0.4 is 0 Å². The Morgan fingerprint density at radius 2 is 2.14 bits per heavy atom. The van der Waals surface area contributed by atoms with E-state index >= 15 is 0 Å². The van der Waals surface area contributed by atoms with E-state index < -0.39 is 10.8 Å². The summed E-state index contributed by atoms with van der Waals surface area (Å²) in [5, 5.41) is 26.0. The van der Waals surface area contributed by atoms with Gasteiger partial charge in [-0.15, -0.1) is 12.4 Å². The number of amidine groups is 2. The van der Waals surface area contributed by atoms with Crippen molar-refractivity contribution in [3.8, 4) is 11.3 Å². The summed E-state index contributed by atoms with van der Waals surface area (Å²) in [6, 6.07) is 9.33. The average Bonchev–Trinajstić information content (AvgIpc) is 3.32. The third-order valence-corrected chi connectivity index (χ3v) is 5.11. The van der Waals surface area contributed by atoms with Crippen LogP contribution in [0, 0.1) is 15.5 Å². The van der Waals surface area contributed by atoms with E-state index in [1.165, 1.54) is 35.0 Å². The van der Waals surface area contributed by atoms with E-state index in [1.54, 1.807) is 24.3 Å². The van der Waals surface area contributed by atoms with E-state index in [-0.39, 0.29) is 29.5 Å². The van der Waals surface area contributed by atoms with Gasteiger partial charge in [-0.05, 0) is 36.4 Å². The number of hydrogen-bond acceptors (Lipinski definition) is 7. The predicted octanol–water partition coefficient (Wildman–Crippen LogP) is 4.31. The maximum absolute atomic E-state index is 12.3. The van der Waals surface area contributed by atoms with Gasteiger partial charge in [0.25, 0.3) is 11.6 Å². The van der Waals surface area contributed by atoms with Crippen molar-refractivity contribution in [3.63, 3.8) is 0 Å². The molecule has 29 heavy (non-hydrogen) atoms. The van der Waals surface area contributed by atoms with Gasteiger partial charge in [0.05, 0.1) is 10.5 Å². The molecule has 9 nitrogen and oxygen atoms in total. The van der Waals surface area contributed by atoms with Crippen LogP contribution in [0.3, 0.4) is 0 Å². The number of thioether (sulfide) groups is 1. The molecular formula is C18H14ClN5O4S. The monoisotopic (exact) mass is 431 g/mol. The highest BCUT2D eigenvalue weighted by molar-refractivity contribution is 8.26. The van der Waals surface area contributed by atoms with Crippen molar-refractivity contribution in [2.75, 3.05) is 0 Å². The summed E-state index contributed by atoms with van der Waals surface area (Å²) < 4.78 is 5.70. The molecule has 1 aromatic carbocycles. The van der Waals surface area contributed by atoms with E-state index in [2.05, 4.69) is 10.1 Å². The van der Waals surface area contributed by atoms with E-state index in [0.717, 1.165) is 5.04 Å². The summed E-state index contributed by atoms with van der Waals surface area (Å²) in [4.78, 5) is 26.8. The Hall–Kier alpha value is -3.24. The number of aliphatic imine (C=N–C) groups is 1. The van der Waals surface area contributed by atoms with Gasteiger partial charge in [-0.1, -0.05) is 19.1 Å². The Kier molecular flexibility index (Phi) is 5.66. The predicted molar refractivity (Wildman–Crippen MR) is 113 cm³/mol. The number of nitro groups is 1. The number of nitrogens with one attached hydrogen (secondary N) is 1. The Morgan fingerprint density at radius 1 is 1.34 bits per heavy atom. The lowest BCUT2D eigenvalue weighted by molar-refractivity contribution is -0.384. The Labute approximate surface area is 175 Å². The SMILES string of the molecule is CCC1=NN2C(=N)C(=Cc3ccc(-c4cccc([N+](=O)[O-])c4)o3)C(=O)N=C2S1.Cl. The number of nitrogens with zero attached hydrogens (tertiary/aromatic N) is 4. The van der Waals surface area contributed by atoms with Crippen LogP contribution >= 0.6 is 24.2 Å². The molecular weight excluding hydrogens is 418 g/mol. The average molecular weight is 432 g/mol. The number of amides is 1. The van der Waals surface area contributed by atoms with Gasteiger partial charge in [0.15, 0.2) is 5.84 Å². The summed E-state index contributed by atoms with van der Waals surface area (Å²) in [5.74, 6) is 0.140. The molecule has 0 radical (unpaired) electrons. The highest BCUT2D eigenvalue weighted by Crippen LogP contribution is 2.30. The van der Waals surface area contributed by atoms with Crippen molar-refractivity contribution in [2.24, 2.45) is 10.1 Å². The number of fused-ring (bicyclic) bond motifs is 1. The number of carbonyl (C=O) groups is 1. The van der Waals surface area contributed by atoms with Gasteiger partial charge >= 0.3 is 0 Å². The molecule has 11 heteroatoms. The van der Waals surface area contributed by atoms with Crippen molar-refractivity contribution >= 4 is 57.9 Å². The van der Waals surface area contributed by atoms with Gasteiger partial charge in [-0.3, -0.25) is 20.3 Å². The normalized spacial score (nSPS) is 17.0. The van der Waals surface area contributed by atoms with Gasteiger partial charge in [0.2, 0.25) is 5.17 Å². The van der Waals surface area contributed by atoms with Gasteiger partial charge in [-0.25, -0.2) is 0 Å². The highest BCUT2D eigenvalue weighted by atomic mass is 35.5. The minimum atomic E-state index is -0.537. The Bertz CT molecular complexity index is 1120. The number of hydrogen-bond donors (Lipinski definition) is 1. The number of hydrazone groups is 1. The van der Waals surface area contributed by atoms with Crippen LogP contribution in [0.2, 0.25) is 0 Å². The van der Waals surface area contributed by atoms with Crippen LogP contribution in [-0.4, -0.2) is 31.9 Å². The third-order valence-electron chi connectivity index (χ3n) is 4.05. The second-order valence-electron chi connectivity index (χ2n) is 5.88. The van der Waals surface area contributed by atoms with Crippen LogP contribution in [0.4, 0.5) is 5.69 Å². The fourth-order valence-electron chi connectivity index (χ4n) is 2.68. The zero-order valence-electron chi connectivity index (χ0n) is 15.0. The lowest BCUT2D eigenvalue weighted by Gasteiger charge is -2.19. The molecule has 1 aromatic heterocycles. The molecule has 0 unspecified atom stereocenters. The zero-order chi connectivity index (χ0) is 19.8. The zero-order valence-corrected chi connectivity index (χ0v) is 16.6. The molecule has 0 fully saturated rings. The maximum Gasteiger partial charge on any atom is 0.283 e. The van der Waals surface area contributed by atoms with Gasteiger partial charge in [0, 0.05) is 17.7 Å². The standard InChI is InChI=1S/C18H13N5O4S.ClH/c1-2-15-21-22-16(19)13(17(24)20-18(22)28-15)9-12-6-7-14(27-12)10-4-3-5-11(8-10)23(25)26;/h3-9,19H,2H2,1H3;1H. The summed E-state index contributed by atoms with van der Waals surface area (Å²) in [6.45, 7) is 1.94. The highest BCUT2D eigenvalue weighted by Gasteiger charge is 2.35. The molecule has 148 valence electrons. The topological polar surface area (TPSA) is 125 Å². The van der Waals surface area contributed by atoms with Crippen LogP contribution in [0.15, 0.2) is 56.5 Å². The molecule has 2 aromatic rings. The van der Waals surface area contributed by atoms with E-state index in [0.29, 0.717) is 28.7 Å². The molecule has 2 aliphatic heterocycles. The van der Waals surface area contributed by atoms with E-state index in [4.69, 9.17) is 9.83 Å². The molecule has 0 saturated heterocycles. The van der Waals surface area contributed by atoms with Gasteiger partial charge < -0.3 is 4.42 Å². The van der Waals surface area contributed by atoms with Crippen LogP contribution in [0.25, 0.3) is 17.4 Å². The van der Waals surface area contributed by atoms with Crippen LogP contribution in [-0.2, 0) is 4.79 Å². The van der Waals surface area contributed by atoms with E-state index in [9.17, 15) is 14.9 Å². The molecule has 2 aliphatic rings. The molecule has 0 saturated carbocycles. The van der Waals surface area contributed by atoms with Crippen LogP contribution in [0.5, 0.6) is 0 Å². The fraction of sp³-hybridized carbons (Fsp3) is 0.111. The van der Waals surface area contributed by atoms with E-state index in [1.807, 2.05) is 6.92 Å². The smallest absolute Gasteiger partial charge is 0.283 e. The molecule has 3 heterocycles. The minimum absolute atomic E-state index is 0. The Balaban J connectivity index is 0.00000240. The number of non-ortho nitro benzene ring substituents is 1. The summed E-state index contributed by atoms with van der Waals surface area (Å²) in [5.41, 5.74) is 0.554. The van der Waals surface area contributed by atoms with Crippen molar-refractivity contribution in [1.29, 1.82) is 5.41 Å². The first-order chi connectivity index (χ1) is 13.5. The van der Waals surface area contributed by atoms with Crippen LogP contribution in [0.1, 0.15) is 19.1 Å². The molecule has 0 bridgehead atoms. The fourth-order valence-corrected chi connectivity index (χ4v) is 3.50. The number of benzene rings is 1. The maximum atomic E-state index is 12.3. The lowest BCUT2D eigenvalue weighted by atomic mass is 10.1. The quantitative estimate of drug-likeness (QED) is 0.437. The molecule has 4 rings (SSSR count). The van der Waals surface area contributed by atoms with Gasteiger partial charge in [-0.2, -0.15) is 15.1 Å². The van der Waals surface area contributed by atoms with Crippen molar-refractivity contribution in [3.05, 3.63) is 57.8 Å². The first kappa shape index (κ1) is 20.5. The summed E-state index contributed by atoms with van der Waals surface area (Å²) in [6.07, 6.45) is 2.11. The minimum Gasteiger partial charge on any atom is -0.457 e. The number of nitro benzene ring substituents is 1. The van der Waals surface area contributed by atoms with Crippen molar-refractivity contribution in [2.45, 2.75) is 13.3 Å². The molecule has 1 amide bonds. The second-order valence-corrected chi connectivity index (χ2v) is 6.92. The largest absolute Gasteiger partial charge is 0.457 e. The number of rotatable bonds is 4. The van der Waals surface area contributed by atoms with Gasteiger partial charge in [0.1, 0.15) is 16.6 Å². The number of halogens is 1. The first-order valence-electron chi connectivity index (χ1n) is 8.30. The number of furan rings is 1. The first-order valence-corrected chi connectivity index (χ1v) is 9.11. The number of carbonyl (C=O) groups excluding carboxylic acids is 1. The molecule has 0 spiro atoms. The summed E-state index contributed by atoms with van der Waals surface area (Å²) in [7, 11) is 0. The Morgan fingerprint density at radius 3 is 2.86 bits per heavy atom.